The molecule has 2 amide bonds. The zero-order valence-corrected chi connectivity index (χ0v) is 21.8. The Balaban J connectivity index is 1.87. The molecule has 0 aromatic heterocycles. The van der Waals surface area contributed by atoms with E-state index in [1.165, 1.54) is 11.9 Å². The number of unbranched alkanes of at least 4 members (excludes halogenated alkanes) is 2. The summed E-state index contributed by atoms with van der Waals surface area (Å²) in [5, 5.41) is 9.91. The van der Waals surface area contributed by atoms with Gasteiger partial charge in [0, 0.05) is 13.6 Å². The second-order valence-corrected chi connectivity index (χ2v) is 9.28. The van der Waals surface area contributed by atoms with Crippen LogP contribution in [0.25, 0.3) is 0 Å². The molecule has 1 aliphatic heterocycles. The summed E-state index contributed by atoms with van der Waals surface area (Å²) in [6.07, 6.45) is -3.10. The molecule has 0 bridgehead atoms. The number of anilines is 1. The van der Waals surface area contributed by atoms with Gasteiger partial charge in [0.15, 0.2) is 5.96 Å². The number of nitrogens with zero attached hydrogens (tertiary/aromatic N) is 2. The van der Waals surface area contributed by atoms with Gasteiger partial charge in [-0.2, -0.15) is 13.2 Å². The van der Waals surface area contributed by atoms with Crippen molar-refractivity contribution in [3.05, 3.63) is 65.2 Å². The van der Waals surface area contributed by atoms with Crippen molar-refractivity contribution < 1.29 is 37.1 Å². The van der Waals surface area contributed by atoms with Crippen LogP contribution in [0.4, 0.5) is 18.9 Å². The van der Waals surface area contributed by atoms with Crippen molar-refractivity contribution in [2.45, 2.75) is 44.3 Å². The van der Waals surface area contributed by atoms with E-state index in [1.54, 1.807) is 42.5 Å². The van der Waals surface area contributed by atoms with Gasteiger partial charge in [0.1, 0.15) is 6.54 Å². The summed E-state index contributed by atoms with van der Waals surface area (Å²) < 4.78 is 42.0. The van der Waals surface area contributed by atoms with Gasteiger partial charge in [-0.25, -0.2) is 4.79 Å². The number of likely N-dealkylation sites (N-methyl/N-ethyl adjacent to an activating group) is 1. The van der Waals surface area contributed by atoms with Gasteiger partial charge in [-0.05, 0) is 42.5 Å². The van der Waals surface area contributed by atoms with E-state index in [0.29, 0.717) is 24.2 Å². The maximum absolute atomic E-state index is 13.8. The molecule has 0 saturated heterocycles. The summed E-state index contributed by atoms with van der Waals surface area (Å²) in [7, 11) is 1.51. The van der Waals surface area contributed by atoms with Crippen LogP contribution in [0.5, 0.6) is 0 Å². The molecule has 3 rings (SSSR count). The number of rotatable bonds is 10. The highest BCUT2D eigenvalue weighted by molar-refractivity contribution is 6.09. The number of benzene rings is 2. The Bertz CT molecular complexity index is 1270. The highest BCUT2D eigenvalue weighted by Gasteiger charge is 2.43. The van der Waals surface area contributed by atoms with E-state index >= 15 is 0 Å². The van der Waals surface area contributed by atoms with Gasteiger partial charge in [-0.3, -0.25) is 19.8 Å². The minimum absolute atomic E-state index is 0.0958. The fourth-order valence-electron chi connectivity index (χ4n) is 4.36. The quantitative estimate of drug-likeness (QED) is 0.133. The molecule has 0 fully saturated rings. The number of ether oxygens (including phenoxy) is 1. The normalized spacial score (nSPS) is 14.3. The first-order chi connectivity index (χ1) is 18.9. The first-order valence-corrected chi connectivity index (χ1v) is 12.5. The number of fused-ring (bicyclic) bond motifs is 1. The van der Waals surface area contributed by atoms with Crippen LogP contribution >= 0.6 is 0 Å². The lowest BCUT2D eigenvalue weighted by Gasteiger charge is -2.30. The maximum atomic E-state index is 13.8. The van der Waals surface area contributed by atoms with E-state index in [4.69, 9.17) is 11.1 Å². The van der Waals surface area contributed by atoms with Crippen LogP contribution in [-0.2, 0) is 25.5 Å². The molecule has 0 spiro atoms. The first kappa shape index (κ1) is 30.1. The molecule has 1 unspecified atom stereocenters. The first-order valence-electron chi connectivity index (χ1n) is 12.5. The molecule has 0 radical (unpaired) electrons. The summed E-state index contributed by atoms with van der Waals surface area (Å²) >= 11 is 0. The van der Waals surface area contributed by atoms with Crippen molar-refractivity contribution in [2.24, 2.45) is 5.73 Å². The topological polar surface area (TPSA) is 146 Å². The molecule has 1 heterocycles. The number of aryl methyl sites for hydroxylation is 1. The molecule has 1 atom stereocenters. The van der Waals surface area contributed by atoms with E-state index in [9.17, 15) is 32.3 Å². The standard InChI is InChI=1S/C27H30F3N5O5/c1-34-20-12-11-17(8-4-3-7-13-33-26(31)32)14-19(20)24(38)35(16-22(34)36)21(18-9-5-2-6-10-18)15-23(37)40-25(39)27(28,29)30/h2,5-6,9-12,14,21H,3-4,7-8,13,15-16H2,1H3,(H4,31,32,33). The predicted molar refractivity (Wildman–Crippen MR) is 139 cm³/mol. The number of halogens is 3. The van der Waals surface area contributed by atoms with Crippen LogP contribution in [-0.4, -0.2) is 60.9 Å². The Kier molecular flexibility index (Phi) is 9.86. The number of hydrogen-bond donors (Lipinski definition) is 3. The summed E-state index contributed by atoms with van der Waals surface area (Å²) in [5.41, 5.74) is 7.03. The molecule has 2 aromatic carbocycles. The number of nitrogens with two attached hydrogens (primary N) is 1. The highest BCUT2D eigenvalue weighted by atomic mass is 19.4. The molecule has 1 aliphatic rings. The number of carbonyl (C=O) groups is 4. The highest BCUT2D eigenvalue weighted by Crippen LogP contribution is 2.33. The number of guanidine groups is 1. The van der Waals surface area contributed by atoms with Crippen molar-refractivity contribution in [3.8, 4) is 0 Å². The number of amides is 2. The van der Waals surface area contributed by atoms with E-state index in [2.05, 4.69) is 10.1 Å². The van der Waals surface area contributed by atoms with Gasteiger partial charge in [-0.1, -0.05) is 42.8 Å². The summed E-state index contributed by atoms with van der Waals surface area (Å²) in [4.78, 5) is 53.0. The van der Waals surface area contributed by atoms with Gasteiger partial charge in [0.05, 0.1) is 23.7 Å². The van der Waals surface area contributed by atoms with Crippen LogP contribution in [0.2, 0.25) is 0 Å². The number of carbonyl (C=O) groups excluding carboxylic acids is 4. The third-order valence-electron chi connectivity index (χ3n) is 6.41. The van der Waals surface area contributed by atoms with E-state index in [-0.39, 0.29) is 11.5 Å². The lowest BCUT2D eigenvalue weighted by Crippen LogP contribution is -2.41. The molecule has 10 nitrogen and oxygen atoms in total. The van der Waals surface area contributed by atoms with Crippen LogP contribution in [0.3, 0.4) is 0 Å². The largest absolute Gasteiger partial charge is 0.491 e. The second kappa shape index (κ2) is 13.1. The van der Waals surface area contributed by atoms with Gasteiger partial charge < -0.3 is 25.6 Å². The van der Waals surface area contributed by atoms with Crippen LogP contribution in [0.1, 0.15) is 53.2 Å². The third kappa shape index (κ3) is 7.80. The maximum Gasteiger partial charge on any atom is 0.491 e. The number of hydrogen-bond acceptors (Lipinski definition) is 6. The molecule has 2 aromatic rings. The summed E-state index contributed by atoms with van der Waals surface area (Å²) in [6, 6.07) is 12.0. The third-order valence-corrected chi connectivity index (χ3v) is 6.41. The minimum Gasteiger partial charge on any atom is -0.386 e. The number of nitrogens with one attached hydrogen (secondary N) is 2. The number of esters is 2. The fraction of sp³-hybridized carbons (Fsp3) is 0.370. The van der Waals surface area contributed by atoms with Gasteiger partial charge in [0.2, 0.25) is 5.91 Å². The smallest absolute Gasteiger partial charge is 0.386 e. The SMILES string of the molecule is CN1C(=O)CN(C(CC(=O)OC(=O)C(F)(F)F)c2ccccc2)C(=O)c2cc(CCCCCNC(=N)N)ccc21. The molecule has 214 valence electrons. The van der Waals surface area contributed by atoms with Crippen LogP contribution in [0, 0.1) is 5.41 Å². The summed E-state index contributed by atoms with van der Waals surface area (Å²) in [5.74, 6) is -5.30. The van der Waals surface area contributed by atoms with Gasteiger partial charge in [-0.15, -0.1) is 0 Å². The minimum atomic E-state index is -5.37. The molecule has 4 N–H and O–H groups in total. The number of alkyl halides is 3. The Hall–Kier alpha value is -4.42. The van der Waals surface area contributed by atoms with E-state index < -0.39 is 48.9 Å². The second-order valence-electron chi connectivity index (χ2n) is 9.28. The molecular formula is C27H30F3N5O5. The average Bonchev–Trinajstić information content (AvgIpc) is 2.99. The van der Waals surface area contributed by atoms with Crippen molar-refractivity contribution in [1.82, 2.24) is 10.2 Å². The summed E-state index contributed by atoms with van der Waals surface area (Å²) in [6.45, 7) is 0.111. The zero-order chi connectivity index (χ0) is 29.4. The van der Waals surface area contributed by atoms with Gasteiger partial charge >= 0.3 is 18.1 Å². The van der Waals surface area contributed by atoms with Crippen molar-refractivity contribution in [3.63, 3.8) is 0 Å². The molecule has 40 heavy (non-hydrogen) atoms. The average molecular weight is 562 g/mol. The monoisotopic (exact) mass is 561 g/mol. The van der Waals surface area contributed by atoms with Crippen LogP contribution < -0.4 is 16.0 Å². The van der Waals surface area contributed by atoms with Gasteiger partial charge in [0.25, 0.3) is 5.91 Å². The van der Waals surface area contributed by atoms with E-state index in [0.717, 1.165) is 29.7 Å². The zero-order valence-electron chi connectivity index (χ0n) is 21.8. The van der Waals surface area contributed by atoms with Crippen LogP contribution in [0.15, 0.2) is 48.5 Å². The Morgan fingerprint density at radius 3 is 2.45 bits per heavy atom. The van der Waals surface area contributed by atoms with Crippen molar-refractivity contribution >= 4 is 35.4 Å². The van der Waals surface area contributed by atoms with E-state index in [1.807, 2.05) is 6.07 Å². The lowest BCUT2D eigenvalue weighted by molar-refractivity contribution is -0.202. The fourth-order valence-corrected chi connectivity index (χ4v) is 4.36. The Morgan fingerprint density at radius 1 is 1.10 bits per heavy atom. The lowest BCUT2D eigenvalue weighted by atomic mass is 9.99. The molecule has 0 saturated carbocycles. The molecule has 0 aliphatic carbocycles. The Morgan fingerprint density at radius 2 is 1.80 bits per heavy atom. The van der Waals surface area contributed by atoms with Crippen molar-refractivity contribution in [1.29, 1.82) is 5.41 Å². The molecular weight excluding hydrogens is 531 g/mol. The molecule has 13 heteroatoms. The predicted octanol–water partition coefficient (Wildman–Crippen LogP) is 3.06. The van der Waals surface area contributed by atoms with Crippen molar-refractivity contribution in [2.75, 3.05) is 25.0 Å². The Labute approximate surface area is 228 Å².